The van der Waals surface area contributed by atoms with E-state index < -0.39 is 21.8 Å². The minimum Gasteiger partial charge on any atom is -0.333 e. The van der Waals surface area contributed by atoms with Crippen LogP contribution in [-0.4, -0.2) is 31.3 Å². The Morgan fingerprint density at radius 3 is 2.30 bits per heavy atom. The van der Waals surface area contributed by atoms with Crippen molar-refractivity contribution >= 4 is 21.6 Å². The number of carbonyl (C=O) groups is 1. The zero-order chi connectivity index (χ0) is 22.1. The van der Waals surface area contributed by atoms with E-state index in [9.17, 15) is 26.4 Å². The van der Waals surface area contributed by atoms with Crippen molar-refractivity contribution in [3.63, 3.8) is 0 Å². The molecule has 2 aromatic carbocycles. The van der Waals surface area contributed by atoms with Gasteiger partial charge in [0.25, 0.3) is 15.9 Å². The Hall–Kier alpha value is -2.55. The Morgan fingerprint density at radius 2 is 1.67 bits per heavy atom. The molecule has 162 valence electrons. The predicted octanol–water partition coefficient (Wildman–Crippen LogP) is 4.91. The van der Waals surface area contributed by atoms with Crippen molar-refractivity contribution in [1.29, 1.82) is 0 Å². The van der Waals surface area contributed by atoms with Crippen molar-refractivity contribution in [2.45, 2.75) is 56.3 Å². The molecule has 1 saturated heterocycles. The molecule has 0 aliphatic carbocycles. The quantitative estimate of drug-likeness (QED) is 0.735. The van der Waals surface area contributed by atoms with E-state index >= 15 is 0 Å². The van der Waals surface area contributed by atoms with Gasteiger partial charge in [0, 0.05) is 23.3 Å². The lowest BCUT2D eigenvalue weighted by Crippen LogP contribution is -2.47. The number of carbonyl (C=O) groups excluding carboxylic acids is 1. The Morgan fingerprint density at radius 1 is 1.03 bits per heavy atom. The summed E-state index contributed by atoms with van der Waals surface area (Å²) in [5, 5.41) is 0. The van der Waals surface area contributed by atoms with E-state index in [0.29, 0.717) is 0 Å². The summed E-state index contributed by atoms with van der Waals surface area (Å²) >= 11 is 0. The molecule has 0 bridgehead atoms. The maximum atomic E-state index is 13.0. The Kier molecular flexibility index (Phi) is 6.12. The summed E-state index contributed by atoms with van der Waals surface area (Å²) < 4.78 is 66.3. The molecule has 1 N–H and O–H groups in total. The van der Waals surface area contributed by atoms with Crippen molar-refractivity contribution in [3.05, 3.63) is 59.7 Å². The number of anilines is 1. The van der Waals surface area contributed by atoms with Crippen LogP contribution in [0.2, 0.25) is 0 Å². The van der Waals surface area contributed by atoms with Crippen LogP contribution in [0, 0.1) is 0 Å². The van der Waals surface area contributed by atoms with Crippen LogP contribution in [0.15, 0.2) is 53.4 Å². The lowest BCUT2D eigenvalue weighted by molar-refractivity contribution is -0.137. The Labute approximate surface area is 173 Å². The van der Waals surface area contributed by atoms with Crippen LogP contribution in [0.3, 0.4) is 0 Å². The molecule has 2 aromatic rings. The molecular weight excluding hydrogens is 417 g/mol. The summed E-state index contributed by atoms with van der Waals surface area (Å²) in [7, 11) is -4.18. The van der Waals surface area contributed by atoms with Crippen molar-refractivity contribution in [1.82, 2.24) is 4.90 Å². The van der Waals surface area contributed by atoms with Crippen LogP contribution in [0.5, 0.6) is 0 Å². The molecule has 0 aromatic heterocycles. The molecule has 0 radical (unpaired) electrons. The summed E-state index contributed by atoms with van der Waals surface area (Å²) in [5.41, 5.74) is -0.943. The van der Waals surface area contributed by atoms with Gasteiger partial charge in [-0.3, -0.25) is 9.52 Å². The molecule has 2 unspecified atom stereocenters. The van der Waals surface area contributed by atoms with Gasteiger partial charge in [-0.25, -0.2) is 8.42 Å². The number of hydrogen-bond acceptors (Lipinski definition) is 3. The Balaban J connectivity index is 1.87. The second-order valence-electron chi connectivity index (χ2n) is 7.55. The van der Waals surface area contributed by atoms with Crippen molar-refractivity contribution < 1.29 is 26.4 Å². The van der Waals surface area contributed by atoms with Gasteiger partial charge in [0.1, 0.15) is 0 Å². The first-order chi connectivity index (χ1) is 14.0. The number of hydrogen-bond donors (Lipinski definition) is 1. The van der Waals surface area contributed by atoms with E-state index in [-0.39, 0.29) is 34.1 Å². The Bertz CT molecular complexity index is 1030. The molecule has 1 amide bonds. The number of alkyl halides is 3. The van der Waals surface area contributed by atoms with E-state index in [1.54, 1.807) is 11.0 Å². The number of rotatable bonds is 4. The zero-order valence-electron chi connectivity index (χ0n) is 16.6. The highest BCUT2D eigenvalue weighted by Crippen LogP contribution is 2.31. The number of piperidine rings is 1. The molecule has 3 rings (SSSR count). The molecule has 1 fully saturated rings. The van der Waals surface area contributed by atoms with Gasteiger partial charge < -0.3 is 4.90 Å². The number of benzene rings is 2. The standard InChI is InChI=1S/C21H23F3N2O3S/c1-14-6-3-7-15(2)26(14)20(27)16-8-4-11-19(12-16)30(28,29)25-18-10-5-9-17(13-18)21(22,23)24/h4-5,8-15,25H,3,6-7H2,1-2H3. The minimum atomic E-state index is -4.59. The van der Waals surface area contributed by atoms with Gasteiger partial charge in [-0.05, 0) is 69.5 Å². The lowest BCUT2D eigenvalue weighted by Gasteiger charge is -2.39. The highest BCUT2D eigenvalue weighted by atomic mass is 32.2. The fourth-order valence-electron chi connectivity index (χ4n) is 3.74. The smallest absolute Gasteiger partial charge is 0.333 e. The molecule has 1 aliphatic heterocycles. The third-order valence-corrected chi connectivity index (χ3v) is 6.64. The van der Waals surface area contributed by atoms with Crippen LogP contribution in [0.25, 0.3) is 0 Å². The fraction of sp³-hybridized carbons (Fsp3) is 0.381. The number of amides is 1. The topological polar surface area (TPSA) is 66.5 Å². The summed E-state index contributed by atoms with van der Waals surface area (Å²) in [4.78, 5) is 14.6. The number of likely N-dealkylation sites (tertiary alicyclic amines) is 1. The normalized spacial score (nSPS) is 20.1. The van der Waals surface area contributed by atoms with E-state index in [1.807, 2.05) is 13.8 Å². The molecule has 2 atom stereocenters. The van der Waals surface area contributed by atoms with Crippen LogP contribution in [0.4, 0.5) is 18.9 Å². The average Bonchev–Trinajstić information content (AvgIpc) is 2.67. The summed E-state index contributed by atoms with van der Waals surface area (Å²) in [6.45, 7) is 3.92. The van der Waals surface area contributed by atoms with Gasteiger partial charge >= 0.3 is 6.18 Å². The van der Waals surface area contributed by atoms with Gasteiger partial charge in [-0.2, -0.15) is 13.2 Å². The second-order valence-corrected chi connectivity index (χ2v) is 9.24. The van der Waals surface area contributed by atoms with Crippen molar-refractivity contribution in [3.8, 4) is 0 Å². The first kappa shape index (κ1) is 22.1. The molecule has 0 saturated carbocycles. The molecule has 0 spiro atoms. The maximum absolute atomic E-state index is 13.0. The molecular formula is C21H23F3N2O3S. The SMILES string of the molecule is CC1CCCC(C)N1C(=O)c1cccc(S(=O)(=O)Nc2cccc(C(F)(F)F)c2)c1. The highest BCUT2D eigenvalue weighted by Gasteiger charge is 2.32. The van der Waals surface area contributed by atoms with Gasteiger partial charge in [0.2, 0.25) is 0 Å². The summed E-state index contributed by atoms with van der Waals surface area (Å²) in [6.07, 6.45) is -1.80. The van der Waals surface area contributed by atoms with Gasteiger partial charge in [-0.1, -0.05) is 12.1 Å². The molecule has 30 heavy (non-hydrogen) atoms. The number of nitrogens with one attached hydrogen (secondary N) is 1. The highest BCUT2D eigenvalue weighted by molar-refractivity contribution is 7.92. The third kappa shape index (κ3) is 4.77. The molecule has 1 aliphatic rings. The van der Waals surface area contributed by atoms with E-state index in [4.69, 9.17) is 0 Å². The maximum Gasteiger partial charge on any atom is 0.416 e. The first-order valence-corrected chi connectivity index (χ1v) is 11.1. The fourth-order valence-corrected chi connectivity index (χ4v) is 4.84. The lowest BCUT2D eigenvalue weighted by atomic mass is 9.96. The van der Waals surface area contributed by atoms with E-state index in [0.717, 1.165) is 37.5 Å². The molecule has 5 nitrogen and oxygen atoms in total. The van der Waals surface area contributed by atoms with E-state index in [2.05, 4.69) is 4.72 Å². The van der Waals surface area contributed by atoms with Gasteiger partial charge in [-0.15, -0.1) is 0 Å². The summed E-state index contributed by atoms with van der Waals surface area (Å²) in [5.74, 6) is -0.259. The third-order valence-electron chi connectivity index (χ3n) is 5.26. The first-order valence-electron chi connectivity index (χ1n) is 9.62. The van der Waals surface area contributed by atoms with Crippen LogP contribution >= 0.6 is 0 Å². The number of nitrogens with zero attached hydrogens (tertiary/aromatic N) is 1. The van der Waals surface area contributed by atoms with Crippen LogP contribution < -0.4 is 4.72 Å². The van der Waals surface area contributed by atoms with Crippen LogP contribution in [-0.2, 0) is 16.2 Å². The molecule has 1 heterocycles. The minimum absolute atomic E-state index is 0.0461. The monoisotopic (exact) mass is 440 g/mol. The number of halogens is 3. The zero-order valence-corrected chi connectivity index (χ0v) is 17.4. The van der Waals surface area contributed by atoms with Gasteiger partial charge in [0.05, 0.1) is 10.5 Å². The molecule has 9 heteroatoms. The largest absolute Gasteiger partial charge is 0.416 e. The van der Waals surface area contributed by atoms with Gasteiger partial charge in [0.15, 0.2) is 0 Å². The average molecular weight is 440 g/mol. The second kappa shape index (κ2) is 8.29. The van der Waals surface area contributed by atoms with E-state index in [1.165, 1.54) is 24.3 Å². The van der Waals surface area contributed by atoms with Crippen LogP contribution in [0.1, 0.15) is 49.0 Å². The van der Waals surface area contributed by atoms with Crippen molar-refractivity contribution in [2.75, 3.05) is 4.72 Å². The number of sulfonamides is 1. The predicted molar refractivity (Wildman–Crippen MR) is 108 cm³/mol. The van der Waals surface area contributed by atoms with Crippen molar-refractivity contribution in [2.24, 2.45) is 0 Å². The summed E-state index contributed by atoms with van der Waals surface area (Å²) in [6, 6.07) is 9.59.